The van der Waals surface area contributed by atoms with E-state index < -0.39 is 23.0 Å². The minimum atomic E-state index is -1.04. The third kappa shape index (κ3) is 5.66. The number of unbranched alkanes of at least 4 members (excludes halogenated alkanes) is 1. The van der Waals surface area contributed by atoms with E-state index in [-0.39, 0.29) is 17.2 Å². The number of hydrogen-bond donors (Lipinski definition) is 5. The van der Waals surface area contributed by atoms with Gasteiger partial charge in [0.05, 0.1) is 11.0 Å². The first-order valence-corrected chi connectivity index (χ1v) is 8.77. The maximum atomic E-state index is 10.9. The van der Waals surface area contributed by atoms with Gasteiger partial charge in [0.25, 0.3) is 5.69 Å². The second-order valence-electron chi connectivity index (χ2n) is 6.42. The summed E-state index contributed by atoms with van der Waals surface area (Å²) in [5.41, 5.74) is 6.65. The molecule has 6 N–H and O–H groups in total. The van der Waals surface area contributed by atoms with Crippen molar-refractivity contribution < 1.29 is 25.0 Å². The van der Waals surface area contributed by atoms with Crippen LogP contribution in [0.4, 0.5) is 5.69 Å². The summed E-state index contributed by atoms with van der Waals surface area (Å²) in [6.07, 6.45) is 1.61. The highest BCUT2D eigenvalue weighted by atomic mass is 16.6. The van der Waals surface area contributed by atoms with E-state index in [2.05, 4.69) is 5.32 Å². The number of hydrogen-bond acceptors (Lipinski definition) is 7. The zero-order valence-electron chi connectivity index (χ0n) is 15.1. The molecule has 0 radical (unpaired) electrons. The third-order valence-corrected chi connectivity index (χ3v) is 4.37. The first-order valence-electron chi connectivity index (χ1n) is 8.77. The number of nitrogens with one attached hydrogen (secondary N) is 1. The molecule has 0 saturated heterocycles. The fraction of sp³-hybridized carbons (Fsp3) is 0.316. The minimum absolute atomic E-state index is 0.0416. The molecular formula is C19H23N3O6. The summed E-state index contributed by atoms with van der Waals surface area (Å²) < 4.78 is 0. The predicted octanol–water partition coefficient (Wildman–Crippen LogP) is 2.27. The van der Waals surface area contributed by atoms with Crippen LogP contribution in [-0.4, -0.2) is 38.8 Å². The standard InChI is InChI=1S/C19H23N3O6/c20-16(19(25)26)3-1-2-10-21-18(15-9-8-14(23)11-17(15)24)12-4-6-13(7-5-12)22(27)28/h4-9,11,16,18,21,23-24H,1-3,10,20H2,(H,25,26)/t16-,18?/m0/s1. The number of rotatable bonds is 10. The number of non-ortho nitro benzene ring substituents is 1. The Balaban J connectivity index is 2.12. The van der Waals surface area contributed by atoms with Gasteiger partial charge in [0.1, 0.15) is 17.5 Å². The largest absolute Gasteiger partial charge is 0.508 e. The number of nitro groups is 1. The van der Waals surface area contributed by atoms with Crippen LogP contribution < -0.4 is 11.1 Å². The Morgan fingerprint density at radius 3 is 2.39 bits per heavy atom. The van der Waals surface area contributed by atoms with Crippen LogP contribution in [0.1, 0.15) is 36.4 Å². The van der Waals surface area contributed by atoms with E-state index >= 15 is 0 Å². The van der Waals surface area contributed by atoms with Gasteiger partial charge in [-0.2, -0.15) is 0 Å². The van der Waals surface area contributed by atoms with Gasteiger partial charge in [-0.3, -0.25) is 14.9 Å². The Bertz CT molecular complexity index is 825. The second kappa shape index (κ2) is 9.67. The van der Waals surface area contributed by atoms with Gasteiger partial charge in [-0.05, 0) is 37.1 Å². The lowest BCUT2D eigenvalue weighted by Gasteiger charge is -2.21. The van der Waals surface area contributed by atoms with Crippen LogP contribution in [0, 0.1) is 10.1 Å². The molecule has 0 aliphatic heterocycles. The average molecular weight is 389 g/mol. The van der Waals surface area contributed by atoms with Gasteiger partial charge in [0.15, 0.2) is 0 Å². The van der Waals surface area contributed by atoms with Crippen LogP contribution in [-0.2, 0) is 4.79 Å². The van der Waals surface area contributed by atoms with Crippen molar-refractivity contribution in [2.45, 2.75) is 31.3 Å². The van der Waals surface area contributed by atoms with Gasteiger partial charge in [-0.1, -0.05) is 18.6 Å². The second-order valence-corrected chi connectivity index (χ2v) is 6.42. The lowest BCUT2D eigenvalue weighted by atomic mass is 9.97. The Kier molecular flexibility index (Phi) is 7.30. The van der Waals surface area contributed by atoms with Crippen molar-refractivity contribution in [1.82, 2.24) is 5.32 Å². The summed E-state index contributed by atoms with van der Waals surface area (Å²) >= 11 is 0. The highest BCUT2D eigenvalue weighted by Gasteiger charge is 2.19. The van der Waals surface area contributed by atoms with Gasteiger partial charge in [-0.15, -0.1) is 0 Å². The number of benzene rings is 2. The fourth-order valence-electron chi connectivity index (χ4n) is 2.83. The molecule has 2 aromatic carbocycles. The molecular weight excluding hydrogens is 366 g/mol. The number of nitrogens with zero attached hydrogens (tertiary/aromatic N) is 1. The Hall–Kier alpha value is -3.17. The van der Waals surface area contributed by atoms with E-state index in [0.717, 1.165) is 0 Å². The van der Waals surface area contributed by atoms with E-state index in [1.807, 2.05) is 0 Å². The highest BCUT2D eigenvalue weighted by Crippen LogP contribution is 2.32. The maximum Gasteiger partial charge on any atom is 0.320 e. The number of carbonyl (C=O) groups is 1. The first-order chi connectivity index (χ1) is 13.3. The lowest BCUT2D eigenvalue weighted by molar-refractivity contribution is -0.384. The van der Waals surface area contributed by atoms with Crippen molar-refractivity contribution in [3.05, 3.63) is 63.7 Å². The minimum Gasteiger partial charge on any atom is -0.508 e. The third-order valence-electron chi connectivity index (χ3n) is 4.37. The maximum absolute atomic E-state index is 10.9. The van der Waals surface area contributed by atoms with Gasteiger partial charge in [0, 0.05) is 23.8 Å². The summed E-state index contributed by atoms with van der Waals surface area (Å²) in [6.45, 7) is 0.508. The normalized spacial score (nSPS) is 13.0. The van der Waals surface area contributed by atoms with Gasteiger partial charge < -0.3 is 26.4 Å². The molecule has 9 nitrogen and oxygen atoms in total. The molecule has 2 rings (SSSR count). The first kappa shape index (κ1) is 21.1. The van der Waals surface area contributed by atoms with E-state index in [0.29, 0.717) is 36.9 Å². The molecule has 150 valence electrons. The average Bonchev–Trinajstić information content (AvgIpc) is 2.65. The smallest absolute Gasteiger partial charge is 0.320 e. The molecule has 28 heavy (non-hydrogen) atoms. The topological polar surface area (TPSA) is 159 Å². The van der Waals surface area contributed by atoms with Crippen LogP contribution in [0.15, 0.2) is 42.5 Å². The molecule has 9 heteroatoms. The molecule has 0 saturated carbocycles. The van der Waals surface area contributed by atoms with E-state index in [9.17, 15) is 25.1 Å². The lowest BCUT2D eigenvalue weighted by Crippen LogP contribution is -2.30. The van der Waals surface area contributed by atoms with Gasteiger partial charge >= 0.3 is 5.97 Å². The van der Waals surface area contributed by atoms with Crippen LogP contribution >= 0.6 is 0 Å². The molecule has 2 aromatic rings. The summed E-state index contributed by atoms with van der Waals surface area (Å²) in [5, 5.41) is 42.7. The summed E-state index contributed by atoms with van der Waals surface area (Å²) in [6, 6.07) is 8.85. The summed E-state index contributed by atoms with van der Waals surface area (Å²) in [4.78, 5) is 21.1. The summed E-state index contributed by atoms with van der Waals surface area (Å²) in [5.74, 6) is -1.22. The van der Waals surface area contributed by atoms with Crippen LogP contribution in [0.2, 0.25) is 0 Å². The monoisotopic (exact) mass is 389 g/mol. The quantitative estimate of drug-likeness (QED) is 0.235. The van der Waals surface area contributed by atoms with Crippen molar-refractivity contribution in [2.24, 2.45) is 5.73 Å². The Labute approximate surface area is 161 Å². The number of phenols is 2. The SMILES string of the molecule is N[C@@H](CCCCNC(c1ccc([N+](=O)[O-])cc1)c1ccc(O)cc1O)C(=O)O. The van der Waals surface area contributed by atoms with Crippen LogP contribution in [0.3, 0.4) is 0 Å². The molecule has 0 aliphatic carbocycles. The molecule has 0 fully saturated rings. The van der Waals surface area contributed by atoms with Crippen LogP contribution in [0.25, 0.3) is 0 Å². The fourth-order valence-corrected chi connectivity index (χ4v) is 2.83. The van der Waals surface area contributed by atoms with Crippen molar-refractivity contribution in [2.75, 3.05) is 6.54 Å². The van der Waals surface area contributed by atoms with E-state index in [1.54, 1.807) is 18.2 Å². The van der Waals surface area contributed by atoms with Crippen LogP contribution in [0.5, 0.6) is 11.5 Å². The number of nitro benzene ring substituents is 1. The number of phenolic OH excluding ortho intramolecular Hbond substituents is 2. The molecule has 1 unspecified atom stereocenters. The molecule has 2 atom stereocenters. The Morgan fingerprint density at radius 2 is 1.82 bits per heavy atom. The molecule has 0 aliphatic rings. The number of carboxylic acid groups (broad SMARTS) is 1. The number of aliphatic carboxylic acids is 1. The van der Waals surface area contributed by atoms with E-state index in [4.69, 9.17) is 10.8 Å². The molecule has 0 aromatic heterocycles. The molecule has 0 amide bonds. The zero-order valence-corrected chi connectivity index (χ0v) is 15.1. The van der Waals surface area contributed by atoms with Gasteiger partial charge in [0.2, 0.25) is 0 Å². The number of aromatic hydroxyl groups is 2. The molecule has 0 heterocycles. The summed E-state index contributed by atoms with van der Waals surface area (Å²) in [7, 11) is 0. The van der Waals surface area contributed by atoms with Gasteiger partial charge in [-0.25, -0.2) is 0 Å². The molecule has 0 bridgehead atoms. The van der Waals surface area contributed by atoms with Crippen molar-refractivity contribution >= 4 is 11.7 Å². The van der Waals surface area contributed by atoms with Crippen molar-refractivity contribution in [1.29, 1.82) is 0 Å². The van der Waals surface area contributed by atoms with E-state index in [1.165, 1.54) is 24.3 Å². The predicted molar refractivity (Wildman–Crippen MR) is 102 cm³/mol. The zero-order chi connectivity index (χ0) is 20.7. The number of nitrogens with two attached hydrogens (primary N) is 1. The van der Waals surface area contributed by atoms with Crippen molar-refractivity contribution in [3.63, 3.8) is 0 Å². The Morgan fingerprint density at radius 1 is 1.14 bits per heavy atom. The van der Waals surface area contributed by atoms with Crippen molar-refractivity contribution in [3.8, 4) is 11.5 Å². The highest BCUT2D eigenvalue weighted by molar-refractivity contribution is 5.72. The number of carboxylic acids is 1. The molecule has 0 spiro atoms.